The molecule has 2 heterocycles. The highest BCUT2D eigenvalue weighted by molar-refractivity contribution is 14.1. The van der Waals surface area contributed by atoms with Crippen LogP contribution in [0, 0.1) is 3.70 Å². The Labute approximate surface area is 166 Å². The molecule has 1 amide bonds. The molecule has 0 saturated carbocycles. The lowest BCUT2D eigenvalue weighted by Crippen LogP contribution is -2.22. The maximum absolute atomic E-state index is 12.8. The zero-order chi connectivity index (χ0) is 19.6. The van der Waals surface area contributed by atoms with Gasteiger partial charge in [-0.1, -0.05) is 12.1 Å². The van der Waals surface area contributed by atoms with Crippen LogP contribution in [0.1, 0.15) is 47.1 Å². The van der Waals surface area contributed by atoms with Crippen molar-refractivity contribution in [2.75, 3.05) is 6.61 Å². The summed E-state index contributed by atoms with van der Waals surface area (Å²) in [7, 11) is 0. The van der Waals surface area contributed by atoms with Crippen molar-refractivity contribution in [3.8, 4) is 5.75 Å². The summed E-state index contributed by atoms with van der Waals surface area (Å²) in [4.78, 5) is 11.5. The number of ether oxygens (including phenoxy) is 2. The fourth-order valence-electron chi connectivity index (χ4n) is 2.97. The average Bonchev–Trinajstić information content (AvgIpc) is 2.96. The lowest BCUT2D eigenvalue weighted by Gasteiger charge is -2.23. The molecule has 0 radical (unpaired) electrons. The van der Waals surface area contributed by atoms with Gasteiger partial charge in [-0.3, -0.25) is 4.79 Å². The first-order valence-corrected chi connectivity index (χ1v) is 9.35. The van der Waals surface area contributed by atoms with Crippen LogP contribution in [-0.2, 0) is 11.2 Å². The molecule has 1 fully saturated rings. The number of para-hydroxylation sites is 1. The van der Waals surface area contributed by atoms with Crippen molar-refractivity contribution in [2.45, 2.75) is 38.3 Å². The summed E-state index contributed by atoms with van der Waals surface area (Å²) in [5, 5.41) is 4.47. The number of halogens is 4. The minimum absolute atomic E-state index is 0.0578. The largest absolute Gasteiger partial charge is 0.573 e. The van der Waals surface area contributed by atoms with Gasteiger partial charge in [-0.2, -0.15) is 5.10 Å². The van der Waals surface area contributed by atoms with Gasteiger partial charge in [0.2, 0.25) is 0 Å². The average molecular weight is 495 g/mol. The molecule has 1 aromatic heterocycles. The molecule has 146 valence electrons. The first-order chi connectivity index (χ1) is 12.7. The summed E-state index contributed by atoms with van der Waals surface area (Å²) in [6.07, 6.45) is -2.20. The van der Waals surface area contributed by atoms with E-state index in [1.54, 1.807) is 10.7 Å². The van der Waals surface area contributed by atoms with E-state index in [1.807, 2.05) is 0 Å². The van der Waals surface area contributed by atoms with E-state index in [0.29, 0.717) is 12.3 Å². The molecule has 1 aliphatic rings. The highest BCUT2D eigenvalue weighted by atomic mass is 127. The van der Waals surface area contributed by atoms with E-state index in [0.717, 1.165) is 23.0 Å². The molecule has 3 rings (SSSR count). The van der Waals surface area contributed by atoms with E-state index < -0.39 is 18.0 Å². The Balaban J connectivity index is 1.91. The molecular weight excluding hydrogens is 478 g/mol. The zero-order valence-electron chi connectivity index (χ0n) is 14.1. The van der Waals surface area contributed by atoms with Gasteiger partial charge in [-0.05, 0) is 54.0 Å². The van der Waals surface area contributed by atoms with Crippen molar-refractivity contribution in [1.29, 1.82) is 0 Å². The van der Waals surface area contributed by atoms with Crippen LogP contribution in [0.15, 0.2) is 24.3 Å². The molecule has 10 heteroatoms. The maximum Gasteiger partial charge on any atom is 0.573 e. The first-order valence-electron chi connectivity index (χ1n) is 8.27. The molecule has 6 nitrogen and oxygen atoms in total. The molecule has 1 aliphatic heterocycles. The minimum atomic E-state index is -4.94. The van der Waals surface area contributed by atoms with Crippen molar-refractivity contribution >= 4 is 28.5 Å². The number of primary amides is 1. The predicted molar refractivity (Wildman–Crippen MR) is 98.2 cm³/mol. The van der Waals surface area contributed by atoms with Gasteiger partial charge in [0.15, 0.2) is 6.23 Å². The first kappa shape index (κ1) is 19.9. The Hall–Kier alpha value is -1.82. The van der Waals surface area contributed by atoms with Crippen molar-refractivity contribution in [1.82, 2.24) is 9.78 Å². The zero-order valence-corrected chi connectivity index (χ0v) is 16.3. The maximum atomic E-state index is 12.8. The van der Waals surface area contributed by atoms with Gasteiger partial charge >= 0.3 is 6.36 Å². The summed E-state index contributed by atoms with van der Waals surface area (Å²) in [6.45, 7) is 0.653. The Kier molecular flexibility index (Phi) is 5.94. The predicted octanol–water partition coefficient (Wildman–Crippen LogP) is 3.78. The Morgan fingerprint density at radius 3 is 2.81 bits per heavy atom. The van der Waals surface area contributed by atoms with Crippen LogP contribution in [0.2, 0.25) is 0 Å². The highest BCUT2D eigenvalue weighted by Gasteiger charge is 2.34. The number of carbonyl (C=O) groups excluding carboxylic acids is 1. The minimum Gasteiger partial charge on any atom is -0.405 e. The third-order valence-electron chi connectivity index (χ3n) is 4.12. The Bertz CT molecular complexity index is 833. The van der Waals surface area contributed by atoms with E-state index in [1.165, 1.54) is 18.2 Å². The summed E-state index contributed by atoms with van der Waals surface area (Å²) in [6, 6.07) is 5.89. The fourth-order valence-corrected chi connectivity index (χ4v) is 3.75. The van der Waals surface area contributed by atoms with Crippen molar-refractivity contribution < 1.29 is 27.4 Å². The van der Waals surface area contributed by atoms with E-state index in [9.17, 15) is 18.0 Å². The van der Waals surface area contributed by atoms with Gasteiger partial charge in [0.25, 0.3) is 5.91 Å². The number of nitrogens with two attached hydrogens (primary N) is 1. The van der Waals surface area contributed by atoms with Crippen molar-refractivity contribution in [2.24, 2.45) is 5.73 Å². The van der Waals surface area contributed by atoms with Gasteiger partial charge in [0.05, 0.1) is 11.3 Å². The lowest BCUT2D eigenvalue weighted by molar-refractivity contribution is -0.275. The molecule has 2 aromatic rings. The molecule has 0 bridgehead atoms. The van der Waals surface area contributed by atoms with Crippen LogP contribution in [0.25, 0.3) is 0 Å². The van der Waals surface area contributed by atoms with Gasteiger partial charge in [0.1, 0.15) is 9.45 Å². The molecule has 0 spiro atoms. The van der Waals surface area contributed by atoms with Gasteiger partial charge in [-0.15, -0.1) is 13.2 Å². The molecule has 1 unspecified atom stereocenters. The number of hydrogen-bond donors (Lipinski definition) is 1. The SMILES string of the molecule is NC(=O)c1cccc(Cc2cc(I)n(C3CCCCO3)n2)c1OC(F)(F)F. The van der Waals surface area contributed by atoms with E-state index in [2.05, 4.69) is 32.4 Å². The van der Waals surface area contributed by atoms with Crippen molar-refractivity contribution in [3.05, 3.63) is 44.8 Å². The van der Waals surface area contributed by atoms with Crippen LogP contribution in [0.3, 0.4) is 0 Å². The number of benzene rings is 1. The Morgan fingerprint density at radius 2 is 2.19 bits per heavy atom. The second-order valence-corrected chi connectivity index (χ2v) is 7.21. The van der Waals surface area contributed by atoms with Crippen LogP contribution < -0.4 is 10.5 Å². The second kappa shape index (κ2) is 8.05. The highest BCUT2D eigenvalue weighted by Crippen LogP contribution is 2.32. The third-order valence-corrected chi connectivity index (χ3v) is 4.93. The van der Waals surface area contributed by atoms with Crippen LogP contribution in [0.5, 0.6) is 5.75 Å². The van der Waals surface area contributed by atoms with E-state index in [-0.39, 0.29) is 23.8 Å². The van der Waals surface area contributed by atoms with Gasteiger partial charge in [-0.25, -0.2) is 4.68 Å². The molecular formula is C17H17F3IN3O3. The molecule has 1 aromatic carbocycles. The topological polar surface area (TPSA) is 79.4 Å². The standard InChI is InChI=1S/C17H17F3IN3O3/c18-17(19,20)27-15-10(4-3-5-12(15)16(22)25)8-11-9-13(21)24(23-11)14-6-1-2-7-26-14/h3-5,9,14H,1-2,6-8H2,(H2,22,25). The lowest BCUT2D eigenvalue weighted by atomic mass is 10.0. The monoisotopic (exact) mass is 495 g/mol. The number of hydrogen-bond acceptors (Lipinski definition) is 4. The normalized spacial score (nSPS) is 17.7. The summed E-state index contributed by atoms with van der Waals surface area (Å²) in [5.41, 5.74) is 5.59. The van der Waals surface area contributed by atoms with Crippen LogP contribution in [-0.4, -0.2) is 28.7 Å². The number of aromatic nitrogens is 2. The summed E-state index contributed by atoms with van der Waals surface area (Å²) < 4.78 is 50.8. The second-order valence-electron chi connectivity index (χ2n) is 6.11. The Morgan fingerprint density at radius 1 is 1.41 bits per heavy atom. The number of nitrogens with zero attached hydrogens (tertiary/aromatic N) is 2. The summed E-state index contributed by atoms with van der Waals surface area (Å²) >= 11 is 2.11. The molecule has 0 aliphatic carbocycles. The van der Waals surface area contributed by atoms with Gasteiger partial charge < -0.3 is 15.2 Å². The fraction of sp³-hybridized carbons (Fsp3) is 0.412. The van der Waals surface area contributed by atoms with Crippen LogP contribution in [0.4, 0.5) is 13.2 Å². The van der Waals surface area contributed by atoms with Gasteiger partial charge in [0, 0.05) is 18.6 Å². The molecule has 1 atom stereocenters. The smallest absolute Gasteiger partial charge is 0.405 e. The molecule has 1 saturated heterocycles. The third kappa shape index (κ3) is 4.92. The molecule has 2 N–H and O–H groups in total. The summed E-state index contributed by atoms with van der Waals surface area (Å²) in [5.74, 6) is -1.58. The quantitative estimate of drug-likeness (QED) is 0.641. The molecule has 27 heavy (non-hydrogen) atoms. The number of alkyl halides is 3. The number of rotatable bonds is 5. The number of carbonyl (C=O) groups is 1. The van der Waals surface area contributed by atoms with E-state index in [4.69, 9.17) is 10.5 Å². The number of amides is 1. The van der Waals surface area contributed by atoms with E-state index >= 15 is 0 Å². The van der Waals surface area contributed by atoms with Crippen molar-refractivity contribution in [3.63, 3.8) is 0 Å². The van der Waals surface area contributed by atoms with Crippen LogP contribution >= 0.6 is 22.6 Å².